The molecule has 0 radical (unpaired) electrons. The van der Waals surface area contributed by atoms with E-state index < -0.39 is 5.82 Å². The minimum atomic E-state index is -0.478. The Kier molecular flexibility index (Phi) is 3.08. The molecule has 0 aliphatic heterocycles. The summed E-state index contributed by atoms with van der Waals surface area (Å²) < 4.78 is 13.2. The molecule has 0 bridgehead atoms. The third-order valence-corrected chi connectivity index (χ3v) is 1.76. The Balaban J connectivity index is 2.89. The van der Waals surface area contributed by atoms with Crippen molar-refractivity contribution in [2.45, 2.75) is 6.54 Å². The summed E-state index contributed by atoms with van der Waals surface area (Å²) in [4.78, 5) is 3.67. The second-order valence-electron chi connectivity index (χ2n) is 2.45. The highest BCUT2D eigenvalue weighted by Crippen LogP contribution is 2.18. The SMILES string of the molecule is NC(N)=NCc1cccc(Cl)c1F. The van der Waals surface area contributed by atoms with Gasteiger partial charge in [0.25, 0.3) is 0 Å². The standard InChI is InChI=1S/C8H9ClFN3/c9-6-3-1-2-5(7(6)10)4-13-8(11)12/h1-3H,4H2,(H4,11,12,13). The summed E-state index contributed by atoms with van der Waals surface area (Å²) in [6.45, 7) is 0.106. The maximum Gasteiger partial charge on any atom is 0.186 e. The van der Waals surface area contributed by atoms with E-state index in [1.165, 1.54) is 6.07 Å². The van der Waals surface area contributed by atoms with Gasteiger partial charge < -0.3 is 11.5 Å². The van der Waals surface area contributed by atoms with Crippen molar-refractivity contribution in [3.8, 4) is 0 Å². The van der Waals surface area contributed by atoms with Crippen molar-refractivity contribution in [3.05, 3.63) is 34.6 Å². The third kappa shape index (κ3) is 2.59. The Morgan fingerprint density at radius 3 is 2.77 bits per heavy atom. The average molecular weight is 202 g/mol. The highest BCUT2D eigenvalue weighted by atomic mass is 35.5. The first-order valence-electron chi connectivity index (χ1n) is 3.59. The van der Waals surface area contributed by atoms with Crippen LogP contribution in [0.15, 0.2) is 23.2 Å². The van der Waals surface area contributed by atoms with Crippen molar-refractivity contribution in [2.24, 2.45) is 16.5 Å². The average Bonchev–Trinajstić information content (AvgIpc) is 2.07. The molecule has 0 saturated carbocycles. The first-order chi connectivity index (χ1) is 6.11. The van der Waals surface area contributed by atoms with Gasteiger partial charge in [-0.25, -0.2) is 9.38 Å². The van der Waals surface area contributed by atoms with Crippen LogP contribution in [0.3, 0.4) is 0 Å². The number of benzene rings is 1. The van der Waals surface area contributed by atoms with Gasteiger partial charge in [0.2, 0.25) is 0 Å². The van der Waals surface area contributed by atoms with Crippen LogP contribution in [0.2, 0.25) is 5.02 Å². The minimum absolute atomic E-state index is 0.0700. The molecule has 4 N–H and O–H groups in total. The summed E-state index contributed by atoms with van der Waals surface area (Å²) in [6, 6.07) is 4.69. The predicted octanol–water partition coefficient (Wildman–Crippen LogP) is 1.25. The third-order valence-electron chi connectivity index (χ3n) is 1.46. The lowest BCUT2D eigenvalue weighted by atomic mass is 10.2. The van der Waals surface area contributed by atoms with Gasteiger partial charge in [-0.3, -0.25) is 0 Å². The van der Waals surface area contributed by atoms with Gasteiger partial charge in [-0.2, -0.15) is 0 Å². The maximum absolute atomic E-state index is 13.2. The van der Waals surface area contributed by atoms with E-state index in [0.29, 0.717) is 5.56 Å². The van der Waals surface area contributed by atoms with E-state index in [9.17, 15) is 4.39 Å². The zero-order valence-corrected chi connectivity index (χ0v) is 7.55. The molecule has 0 spiro atoms. The first kappa shape index (κ1) is 9.80. The molecule has 5 heteroatoms. The van der Waals surface area contributed by atoms with Gasteiger partial charge in [-0.15, -0.1) is 0 Å². The van der Waals surface area contributed by atoms with Crippen LogP contribution in [-0.2, 0) is 6.54 Å². The van der Waals surface area contributed by atoms with Crippen LogP contribution in [0, 0.1) is 5.82 Å². The van der Waals surface area contributed by atoms with Crippen molar-refractivity contribution in [3.63, 3.8) is 0 Å². The van der Waals surface area contributed by atoms with Crippen LogP contribution in [0.5, 0.6) is 0 Å². The molecule has 0 saturated heterocycles. The number of aliphatic imine (C=N–C) groups is 1. The summed E-state index contributed by atoms with van der Waals surface area (Å²) in [5.41, 5.74) is 10.6. The van der Waals surface area contributed by atoms with Gasteiger partial charge in [0.1, 0.15) is 5.82 Å². The molecule has 0 aliphatic rings. The van der Waals surface area contributed by atoms with E-state index in [1.54, 1.807) is 12.1 Å². The van der Waals surface area contributed by atoms with E-state index in [0.717, 1.165) is 0 Å². The van der Waals surface area contributed by atoms with Crippen LogP contribution in [0.4, 0.5) is 4.39 Å². The summed E-state index contributed by atoms with van der Waals surface area (Å²) in [5, 5.41) is 0.0725. The number of rotatable bonds is 2. The molecule has 0 atom stereocenters. The van der Waals surface area contributed by atoms with Gasteiger partial charge in [0.15, 0.2) is 5.96 Å². The van der Waals surface area contributed by atoms with Gasteiger partial charge >= 0.3 is 0 Å². The Morgan fingerprint density at radius 2 is 2.15 bits per heavy atom. The number of hydrogen-bond donors (Lipinski definition) is 2. The molecule has 0 aromatic heterocycles. The highest BCUT2D eigenvalue weighted by Gasteiger charge is 2.04. The molecule has 1 aromatic rings. The second kappa shape index (κ2) is 4.09. The largest absolute Gasteiger partial charge is 0.370 e. The topological polar surface area (TPSA) is 64.4 Å². The van der Waals surface area contributed by atoms with Crippen LogP contribution < -0.4 is 11.5 Å². The minimum Gasteiger partial charge on any atom is -0.370 e. The molecular weight excluding hydrogens is 193 g/mol. The molecule has 1 rings (SSSR count). The lowest BCUT2D eigenvalue weighted by Crippen LogP contribution is -2.22. The molecule has 13 heavy (non-hydrogen) atoms. The molecule has 70 valence electrons. The van der Waals surface area contributed by atoms with Crippen molar-refractivity contribution >= 4 is 17.6 Å². The van der Waals surface area contributed by atoms with Crippen molar-refractivity contribution < 1.29 is 4.39 Å². The molecular formula is C8H9ClFN3. The molecule has 0 aliphatic carbocycles. The van der Waals surface area contributed by atoms with E-state index in [4.69, 9.17) is 23.1 Å². The second-order valence-corrected chi connectivity index (χ2v) is 2.86. The Morgan fingerprint density at radius 1 is 1.46 bits per heavy atom. The quantitative estimate of drug-likeness (QED) is 0.559. The van der Waals surface area contributed by atoms with Gasteiger partial charge in [-0.05, 0) is 6.07 Å². The highest BCUT2D eigenvalue weighted by molar-refractivity contribution is 6.30. The number of guanidine groups is 1. The summed E-state index contributed by atoms with van der Waals surface area (Å²) >= 11 is 5.54. The summed E-state index contributed by atoms with van der Waals surface area (Å²) in [6.07, 6.45) is 0. The zero-order chi connectivity index (χ0) is 9.84. The molecule has 3 nitrogen and oxygen atoms in total. The van der Waals surface area contributed by atoms with E-state index >= 15 is 0 Å². The predicted molar refractivity (Wildman–Crippen MR) is 50.9 cm³/mol. The molecule has 0 heterocycles. The number of halogens is 2. The van der Waals surface area contributed by atoms with Crippen molar-refractivity contribution in [1.29, 1.82) is 0 Å². The van der Waals surface area contributed by atoms with Crippen LogP contribution in [0.25, 0.3) is 0 Å². The van der Waals surface area contributed by atoms with Gasteiger partial charge in [-0.1, -0.05) is 23.7 Å². The first-order valence-corrected chi connectivity index (χ1v) is 3.97. The van der Waals surface area contributed by atoms with Crippen molar-refractivity contribution in [1.82, 2.24) is 0 Å². The fourth-order valence-corrected chi connectivity index (χ4v) is 1.04. The zero-order valence-electron chi connectivity index (χ0n) is 6.80. The molecule has 1 aromatic carbocycles. The lowest BCUT2D eigenvalue weighted by Gasteiger charge is -2.00. The number of nitrogens with zero attached hydrogens (tertiary/aromatic N) is 1. The molecule has 0 fully saturated rings. The molecule has 0 unspecified atom stereocenters. The summed E-state index contributed by atoms with van der Waals surface area (Å²) in [7, 11) is 0. The maximum atomic E-state index is 13.2. The van der Waals surface area contributed by atoms with Crippen LogP contribution >= 0.6 is 11.6 Å². The van der Waals surface area contributed by atoms with Crippen molar-refractivity contribution in [2.75, 3.05) is 0 Å². The van der Waals surface area contributed by atoms with Gasteiger partial charge in [0.05, 0.1) is 11.6 Å². The Labute approximate surface area is 80.2 Å². The lowest BCUT2D eigenvalue weighted by molar-refractivity contribution is 0.611. The fourth-order valence-electron chi connectivity index (χ4n) is 0.847. The smallest absolute Gasteiger partial charge is 0.186 e. The number of hydrogen-bond acceptors (Lipinski definition) is 1. The van der Waals surface area contributed by atoms with Crippen LogP contribution in [0.1, 0.15) is 5.56 Å². The van der Waals surface area contributed by atoms with Crippen LogP contribution in [-0.4, -0.2) is 5.96 Å². The Bertz CT molecular complexity index is 334. The van der Waals surface area contributed by atoms with E-state index in [1.807, 2.05) is 0 Å². The normalized spacial score (nSPS) is 9.69. The molecule has 0 amide bonds. The van der Waals surface area contributed by atoms with E-state index in [2.05, 4.69) is 4.99 Å². The fraction of sp³-hybridized carbons (Fsp3) is 0.125. The Hall–Kier alpha value is -1.29. The monoisotopic (exact) mass is 201 g/mol. The number of nitrogens with two attached hydrogens (primary N) is 2. The van der Waals surface area contributed by atoms with Gasteiger partial charge in [0, 0.05) is 5.56 Å². The summed E-state index contributed by atoms with van der Waals surface area (Å²) in [5.74, 6) is -0.548. The van der Waals surface area contributed by atoms with E-state index in [-0.39, 0.29) is 17.5 Å².